The Morgan fingerprint density at radius 2 is 2.00 bits per heavy atom. The lowest BCUT2D eigenvalue weighted by Crippen LogP contribution is -2.13. The van der Waals surface area contributed by atoms with Gasteiger partial charge < -0.3 is 14.8 Å². The molecule has 2 aromatic heterocycles. The maximum atomic E-state index is 12.6. The van der Waals surface area contributed by atoms with Crippen molar-refractivity contribution in [2.75, 3.05) is 25.6 Å². The van der Waals surface area contributed by atoms with Crippen LogP contribution in [0.1, 0.15) is 16.1 Å². The molecule has 0 saturated carbocycles. The van der Waals surface area contributed by atoms with Crippen LogP contribution in [-0.2, 0) is 11.8 Å². The van der Waals surface area contributed by atoms with Gasteiger partial charge in [-0.15, -0.1) is 0 Å². The largest absolute Gasteiger partial charge is 0.491 e. The molecule has 3 aromatic rings. The van der Waals surface area contributed by atoms with Gasteiger partial charge in [-0.1, -0.05) is 11.6 Å². The van der Waals surface area contributed by atoms with Gasteiger partial charge in [0.05, 0.1) is 28.3 Å². The van der Waals surface area contributed by atoms with Crippen LogP contribution in [0.15, 0.2) is 30.5 Å². The summed E-state index contributed by atoms with van der Waals surface area (Å²) < 4.78 is 12.1. The van der Waals surface area contributed by atoms with Crippen LogP contribution in [0.3, 0.4) is 0 Å². The summed E-state index contributed by atoms with van der Waals surface area (Å²) in [5, 5.41) is 8.13. The normalized spacial score (nSPS) is 10.9. The highest BCUT2D eigenvalue weighted by Gasteiger charge is 2.18. The van der Waals surface area contributed by atoms with E-state index >= 15 is 0 Å². The number of nitrogens with one attached hydrogen (secondary N) is 1. The Labute approximate surface area is 155 Å². The second kappa shape index (κ2) is 7.72. The average Bonchev–Trinajstić information content (AvgIpc) is 2.91. The first kappa shape index (κ1) is 18.2. The highest BCUT2D eigenvalue weighted by atomic mass is 35.5. The highest BCUT2D eigenvalue weighted by molar-refractivity contribution is 6.39. The Morgan fingerprint density at radius 3 is 2.69 bits per heavy atom. The summed E-state index contributed by atoms with van der Waals surface area (Å²) in [6.07, 6.45) is 1.46. The van der Waals surface area contributed by atoms with Crippen molar-refractivity contribution in [1.82, 2.24) is 14.8 Å². The number of halogens is 1. The number of ether oxygens (including phenoxy) is 2. The number of anilines is 1. The average molecular weight is 375 g/mol. The van der Waals surface area contributed by atoms with E-state index in [2.05, 4.69) is 15.4 Å². The van der Waals surface area contributed by atoms with Crippen LogP contribution < -0.4 is 10.1 Å². The van der Waals surface area contributed by atoms with Crippen molar-refractivity contribution in [3.63, 3.8) is 0 Å². The number of amides is 1. The molecule has 0 aliphatic rings. The summed E-state index contributed by atoms with van der Waals surface area (Å²) >= 11 is 6.43. The Kier molecular flexibility index (Phi) is 5.39. The first-order valence-corrected chi connectivity index (χ1v) is 8.40. The molecule has 0 radical (unpaired) electrons. The van der Waals surface area contributed by atoms with Crippen molar-refractivity contribution in [1.29, 1.82) is 0 Å². The molecular weight excluding hydrogens is 356 g/mol. The molecule has 0 spiro atoms. The molecular formula is C18H19ClN4O3. The summed E-state index contributed by atoms with van der Waals surface area (Å²) in [6, 6.07) is 7.07. The zero-order valence-corrected chi connectivity index (χ0v) is 15.5. The fraction of sp³-hybridized carbons (Fsp3) is 0.278. The molecule has 7 nitrogen and oxygen atoms in total. The maximum Gasteiger partial charge on any atom is 0.258 e. The van der Waals surface area contributed by atoms with Gasteiger partial charge >= 0.3 is 0 Å². The van der Waals surface area contributed by atoms with E-state index in [1.165, 1.54) is 6.20 Å². The SMILES string of the molecule is COCCOc1ccc(NC(=O)c2cnc3c(c(C)nn3C)c2Cl)cc1. The number of carbonyl (C=O) groups excluding carboxylic acids is 1. The van der Waals surface area contributed by atoms with E-state index in [0.717, 1.165) is 5.69 Å². The van der Waals surface area contributed by atoms with E-state index < -0.39 is 0 Å². The maximum absolute atomic E-state index is 12.6. The topological polar surface area (TPSA) is 78.3 Å². The van der Waals surface area contributed by atoms with Crippen molar-refractivity contribution in [2.24, 2.45) is 7.05 Å². The molecule has 136 valence electrons. The van der Waals surface area contributed by atoms with Crippen LogP contribution in [0.4, 0.5) is 5.69 Å². The summed E-state index contributed by atoms with van der Waals surface area (Å²) in [7, 11) is 3.40. The van der Waals surface area contributed by atoms with Crippen molar-refractivity contribution in [2.45, 2.75) is 6.92 Å². The molecule has 26 heavy (non-hydrogen) atoms. The Morgan fingerprint density at radius 1 is 1.27 bits per heavy atom. The van der Waals surface area contributed by atoms with Crippen LogP contribution in [0.2, 0.25) is 5.02 Å². The molecule has 0 saturated heterocycles. The van der Waals surface area contributed by atoms with Gasteiger partial charge in [0.2, 0.25) is 0 Å². The van der Waals surface area contributed by atoms with Crippen molar-refractivity contribution < 1.29 is 14.3 Å². The van der Waals surface area contributed by atoms with Crippen LogP contribution >= 0.6 is 11.6 Å². The molecule has 0 fully saturated rings. The minimum absolute atomic E-state index is 0.302. The lowest BCUT2D eigenvalue weighted by Gasteiger charge is -2.09. The summed E-state index contributed by atoms with van der Waals surface area (Å²) in [5.74, 6) is 0.368. The van der Waals surface area contributed by atoms with Gasteiger partial charge in [-0.3, -0.25) is 9.48 Å². The number of benzene rings is 1. The molecule has 0 unspecified atom stereocenters. The lowest BCUT2D eigenvalue weighted by molar-refractivity contribution is 0.102. The Hall–Kier alpha value is -2.64. The molecule has 0 bridgehead atoms. The zero-order chi connectivity index (χ0) is 18.7. The minimum atomic E-state index is -0.333. The van der Waals surface area contributed by atoms with E-state index in [-0.39, 0.29) is 5.91 Å². The monoisotopic (exact) mass is 374 g/mol. The third-order valence-electron chi connectivity index (χ3n) is 3.88. The van der Waals surface area contributed by atoms with Gasteiger partial charge in [0.15, 0.2) is 5.65 Å². The van der Waals surface area contributed by atoms with E-state index in [1.807, 2.05) is 6.92 Å². The quantitative estimate of drug-likeness (QED) is 0.670. The van der Waals surface area contributed by atoms with Crippen molar-refractivity contribution in [3.8, 4) is 5.75 Å². The fourth-order valence-electron chi connectivity index (χ4n) is 2.60. The van der Waals surface area contributed by atoms with Crippen molar-refractivity contribution >= 4 is 34.2 Å². The Balaban J connectivity index is 1.77. The number of nitrogens with zero attached hydrogens (tertiary/aromatic N) is 3. The molecule has 2 heterocycles. The number of hydrogen-bond acceptors (Lipinski definition) is 5. The van der Waals surface area contributed by atoms with Crippen LogP contribution in [-0.4, -0.2) is 41.0 Å². The molecule has 0 atom stereocenters. The third kappa shape index (κ3) is 3.63. The first-order valence-electron chi connectivity index (χ1n) is 8.02. The van der Waals surface area contributed by atoms with Gasteiger partial charge in [0, 0.05) is 26.0 Å². The number of fused-ring (bicyclic) bond motifs is 1. The van der Waals surface area contributed by atoms with Crippen LogP contribution in [0, 0.1) is 6.92 Å². The molecule has 1 aromatic carbocycles. The molecule has 1 N–H and O–H groups in total. The highest BCUT2D eigenvalue weighted by Crippen LogP contribution is 2.28. The second-order valence-electron chi connectivity index (χ2n) is 5.71. The number of carbonyl (C=O) groups is 1. The first-order chi connectivity index (χ1) is 12.5. The van der Waals surface area contributed by atoms with Gasteiger partial charge in [-0.2, -0.15) is 5.10 Å². The van der Waals surface area contributed by atoms with Gasteiger partial charge in [0.25, 0.3) is 5.91 Å². The van der Waals surface area contributed by atoms with E-state index in [9.17, 15) is 4.79 Å². The minimum Gasteiger partial charge on any atom is -0.491 e. The summed E-state index contributed by atoms with van der Waals surface area (Å²) in [6.45, 7) is 2.81. The molecule has 0 aliphatic carbocycles. The predicted molar refractivity (Wildman–Crippen MR) is 100 cm³/mol. The summed E-state index contributed by atoms with van der Waals surface area (Å²) in [4.78, 5) is 16.9. The van der Waals surface area contributed by atoms with Gasteiger partial charge in [-0.25, -0.2) is 4.98 Å². The van der Waals surface area contributed by atoms with Crippen LogP contribution in [0.25, 0.3) is 11.0 Å². The number of hydrogen-bond donors (Lipinski definition) is 1. The van der Waals surface area contributed by atoms with Crippen molar-refractivity contribution in [3.05, 3.63) is 46.7 Å². The van der Waals surface area contributed by atoms with Gasteiger partial charge in [-0.05, 0) is 31.2 Å². The number of methoxy groups -OCH3 is 1. The number of aryl methyl sites for hydroxylation is 2. The van der Waals surface area contributed by atoms with E-state index in [0.29, 0.717) is 46.3 Å². The lowest BCUT2D eigenvalue weighted by atomic mass is 10.2. The summed E-state index contributed by atoms with van der Waals surface area (Å²) in [5.41, 5.74) is 2.30. The van der Waals surface area contributed by atoms with Crippen LogP contribution in [0.5, 0.6) is 5.75 Å². The standard InChI is InChI=1S/C18H19ClN4O3/c1-11-15-16(19)14(10-20-17(15)23(2)22-11)18(24)21-12-4-6-13(7-5-12)26-9-8-25-3/h4-7,10H,8-9H2,1-3H3,(H,21,24). The predicted octanol–water partition coefficient (Wildman–Crippen LogP) is 3.21. The van der Waals surface area contributed by atoms with E-state index in [1.54, 1.807) is 43.1 Å². The molecule has 1 amide bonds. The smallest absolute Gasteiger partial charge is 0.258 e. The third-order valence-corrected chi connectivity index (χ3v) is 4.27. The second-order valence-corrected chi connectivity index (χ2v) is 6.09. The fourth-order valence-corrected chi connectivity index (χ4v) is 2.96. The zero-order valence-electron chi connectivity index (χ0n) is 14.7. The number of aromatic nitrogens is 3. The number of rotatable bonds is 6. The number of pyridine rings is 1. The Bertz CT molecular complexity index is 938. The van der Waals surface area contributed by atoms with Gasteiger partial charge in [0.1, 0.15) is 12.4 Å². The molecule has 3 rings (SSSR count). The molecule has 8 heteroatoms. The molecule has 0 aliphatic heterocycles. The van der Waals surface area contributed by atoms with E-state index in [4.69, 9.17) is 21.1 Å².